The molecule has 25 aromatic rings. The van der Waals surface area contributed by atoms with Crippen molar-refractivity contribution in [2.75, 3.05) is 0 Å². The lowest BCUT2D eigenvalue weighted by atomic mass is 9.89. The Hall–Kier alpha value is -20.3. The number of aromatic amines is 1. The third kappa shape index (κ3) is 18.8. The zero-order valence-electron chi connectivity index (χ0n) is 75.9. The molecule has 708 valence electrons. The van der Waals surface area contributed by atoms with Crippen molar-refractivity contribution in [2.24, 2.45) is 0 Å². The van der Waals surface area contributed by atoms with Gasteiger partial charge in [-0.15, -0.1) is 0 Å². The van der Waals surface area contributed by atoms with Crippen molar-refractivity contribution in [2.45, 2.75) is 50.4 Å². The third-order valence-corrected chi connectivity index (χ3v) is 24.2. The summed E-state index contributed by atoms with van der Waals surface area (Å²) in [7, 11) is 0. The number of H-pyrrole nitrogens is 1. The fourth-order valence-electron chi connectivity index (χ4n) is 16.9. The van der Waals surface area contributed by atoms with Crippen LogP contribution >= 0.6 is 0 Å². The van der Waals surface area contributed by atoms with Crippen LogP contribution in [0, 0.1) is 0 Å². The predicted molar refractivity (Wildman–Crippen MR) is 541 cm³/mol. The van der Waals surface area contributed by atoms with Crippen LogP contribution in [0.15, 0.2) is 423 Å². The summed E-state index contributed by atoms with van der Waals surface area (Å²) < 4.78 is 60.8. The molecule has 13 aromatic carbocycles. The maximum absolute atomic E-state index is 13.1. The summed E-state index contributed by atoms with van der Waals surface area (Å²) in [6.45, 7) is 0. The van der Waals surface area contributed by atoms with Gasteiger partial charge in [0, 0.05) is 52.5 Å². The Bertz CT molecular complexity index is 9590. The first-order valence-electron chi connectivity index (χ1n) is 45.6. The molecule has 2 atom stereocenters. The van der Waals surface area contributed by atoms with E-state index in [0.717, 1.165) is 0 Å². The highest BCUT2D eigenvalue weighted by molar-refractivity contribution is 5.88. The van der Waals surface area contributed by atoms with Gasteiger partial charge in [-0.25, -0.2) is 108 Å². The molecule has 0 bridgehead atoms. The number of hydrogen-bond donors (Lipinski definition) is 1. The first-order chi connectivity index (χ1) is 71.3. The molecule has 12 aromatic heterocycles. The minimum absolute atomic E-state index is 0.0214. The summed E-state index contributed by atoms with van der Waals surface area (Å²) >= 11 is 0. The van der Waals surface area contributed by atoms with Crippen LogP contribution in [0.5, 0.6) is 0 Å². The van der Waals surface area contributed by atoms with Gasteiger partial charge in [0.05, 0.1) is 120 Å². The molecule has 146 heavy (non-hydrogen) atoms. The maximum atomic E-state index is 13.1. The van der Waals surface area contributed by atoms with Crippen LogP contribution in [-0.2, 0) is 12.8 Å². The predicted octanol–water partition coefficient (Wildman–Crippen LogP) is 19.2. The Balaban J connectivity index is 0.000000115. The molecule has 34 heteroatoms. The molecule has 0 radical (unpaired) electrons. The fraction of sp³-hybridized carbons (Fsp3) is 0.0714. The summed E-state index contributed by atoms with van der Waals surface area (Å²) in [5, 5.41) is 4.15. The number of rotatable bonds is 18. The van der Waals surface area contributed by atoms with Gasteiger partial charge in [-0.1, -0.05) is 140 Å². The Morgan fingerprint density at radius 1 is 0.178 bits per heavy atom. The van der Waals surface area contributed by atoms with Crippen LogP contribution in [0.4, 0.5) is 0 Å². The van der Waals surface area contributed by atoms with Gasteiger partial charge in [-0.3, -0.25) is 0 Å². The van der Waals surface area contributed by atoms with Crippen LogP contribution in [0.1, 0.15) is 61.1 Å². The Morgan fingerprint density at radius 2 is 0.370 bits per heavy atom. The second kappa shape index (κ2) is 39.2. The zero-order chi connectivity index (χ0) is 99.6. The molecule has 25 rings (SSSR count). The van der Waals surface area contributed by atoms with E-state index in [9.17, 15) is 52.7 Å². The van der Waals surface area contributed by atoms with E-state index < -0.39 is 73.7 Å². The zero-order valence-corrected chi connectivity index (χ0v) is 75.9. The number of hydrogen-bond acceptors (Lipinski definition) is 33. The van der Waals surface area contributed by atoms with Gasteiger partial charge in [0.2, 0.25) is 53.0 Å². The van der Waals surface area contributed by atoms with E-state index in [2.05, 4.69) is 49.8 Å². The van der Waals surface area contributed by atoms with Crippen molar-refractivity contribution in [1.29, 1.82) is 0 Å². The van der Waals surface area contributed by atoms with E-state index in [4.69, 9.17) is 58.6 Å². The van der Waals surface area contributed by atoms with Gasteiger partial charge in [-0.05, 0) is 208 Å². The molecule has 0 amide bonds. The number of fused-ring (bicyclic) bond motifs is 11. The maximum Gasteiger partial charge on any atom is 0.347 e. The summed E-state index contributed by atoms with van der Waals surface area (Å²) in [6, 6.07) is 91.4. The summed E-state index contributed by atoms with van der Waals surface area (Å²) in [5.74, 6) is 0.782. The molecule has 2 unspecified atom stereocenters. The molecule has 12 heterocycles. The van der Waals surface area contributed by atoms with Gasteiger partial charge in [0.1, 0.15) is 11.4 Å². The molecule has 34 nitrogen and oxygen atoms in total. The van der Waals surface area contributed by atoms with Crippen LogP contribution in [0.25, 0.3) is 200 Å². The smallest absolute Gasteiger partial charge is 0.347 e. The van der Waals surface area contributed by atoms with Gasteiger partial charge in [-0.2, -0.15) is 0 Å². The van der Waals surface area contributed by atoms with Crippen molar-refractivity contribution in [1.82, 2.24) is 59.8 Å². The molecular formula is C112H68N12O22. The molecule has 0 spiro atoms. The van der Waals surface area contributed by atoms with Crippen molar-refractivity contribution < 1.29 is 48.6 Å². The number of benzene rings is 13. The van der Waals surface area contributed by atoms with Crippen molar-refractivity contribution in [3.8, 4) is 80.4 Å². The van der Waals surface area contributed by atoms with Crippen molar-refractivity contribution >= 4 is 120 Å². The average Bonchev–Trinajstić information content (AvgIpc) is 0.824. The molecular weight excluding hydrogens is 1870 g/mol. The number of aromatic nitrogens is 12. The van der Waals surface area contributed by atoms with Crippen molar-refractivity contribution in [3.05, 3.63) is 460 Å². The number of nitrogens with zero attached hydrogens (tertiary/aromatic N) is 11. The van der Waals surface area contributed by atoms with Crippen LogP contribution in [0.2, 0.25) is 0 Å². The number of para-hydroxylation sites is 11. The SMILES string of the molecule is O=c1oc(-c2cc(-c3nc4ccccc4c(=O)o3)cc(-c3nc4ccccc4c(=O)o3)c2)nc2ccccc12.O=c1oc(-c2ccc(-c3nc4ccccc4c(=O)o3)[nH]2)nc2ccccc12.O=c1oc(-c2cccc(-c3nc4ccccc4c(=O)o3)c2)nc2ccccc12.O=c1oc(CCC(CCC(CCc2nc3ccccc3c(=O)o2)c2nc3ccccc3c(=O)o2)c2nc3ccccc3c(=O)o2)nc2ccccc12. The lowest BCUT2D eigenvalue weighted by Gasteiger charge is -2.19. The van der Waals surface area contributed by atoms with E-state index in [0.29, 0.717) is 185 Å². The number of nitrogens with one attached hydrogen (secondary N) is 1. The lowest BCUT2D eigenvalue weighted by Crippen LogP contribution is -2.15. The Kier molecular flexibility index (Phi) is 24.4. The summed E-state index contributed by atoms with van der Waals surface area (Å²) in [6.07, 6.45) is 2.05. The summed E-state index contributed by atoms with van der Waals surface area (Å²) in [4.78, 5) is 191. The largest absolute Gasteiger partial charge is 0.408 e. The van der Waals surface area contributed by atoms with Crippen LogP contribution < -0.4 is 61.9 Å². The monoisotopic (exact) mass is 1930 g/mol. The van der Waals surface area contributed by atoms with Gasteiger partial charge < -0.3 is 53.6 Å². The van der Waals surface area contributed by atoms with Gasteiger partial charge >= 0.3 is 61.9 Å². The third-order valence-electron chi connectivity index (χ3n) is 24.2. The standard InChI is InChI=1S/C40H30N4O8.C30H15N3O6.C22H12N2O4.C20H11N3O4/c45-37-25-9-1-5-13-29(25)41-33(49-37)21-19-23(35-43-31-15-7-3-11-27(31)39(47)51-35)17-18-24(36-44-32-16-8-4-12-28(32)40(48)52-36)20-22-34-42-30-14-6-2-10-26(30)38(46)50-34;34-28-19-7-1-4-10-22(19)31-25(37-28)16-13-17(26-32-23-11-5-2-8-20(23)29(35)38-26)15-18(14-16)27-33-24-12-6-3-9-21(24)30(36)39-27;25-21-15-8-1-3-10-17(15)23-19(27-21)13-6-5-7-14(12-13)20-24-18-11-4-2-9-16(18)22(26)28-20;24-19-11-5-1-3-7-13(11)22-17(26-19)15-9-10-16(21-15)18-23-14-8-4-2-6-12(14)20(25)27-18/h1-16,23-24H,17-22H2;1-15H;1-12H;1-10,21H. The molecule has 0 saturated heterocycles. The topological polar surface area (TPSA) is 490 Å². The fourth-order valence-corrected chi connectivity index (χ4v) is 16.9. The minimum atomic E-state index is -0.562. The normalized spacial score (nSPS) is 11.8. The molecule has 0 saturated carbocycles. The van der Waals surface area contributed by atoms with E-state index in [1.165, 1.54) is 0 Å². The van der Waals surface area contributed by atoms with Crippen LogP contribution in [-0.4, -0.2) is 59.8 Å². The lowest BCUT2D eigenvalue weighted by molar-refractivity contribution is 0.328. The first kappa shape index (κ1) is 90.8. The Morgan fingerprint density at radius 3 is 0.623 bits per heavy atom. The highest BCUT2D eigenvalue weighted by Crippen LogP contribution is 2.37. The van der Waals surface area contributed by atoms with Crippen LogP contribution in [0.3, 0.4) is 0 Å². The molecule has 0 fully saturated rings. The highest BCUT2D eigenvalue weighted by Gasteiger charge is 2.28. The van der Waals surface area contributed by atoms with Gasteiger partial charge in [0.25, 0.3) is 0 Å². The second-order valence-corrected chi connectivity index (χ2v) is 33.5. The van der Waals surface area contributed by atoms with E-state index >= 15 is 0 Å². The van der Waals surface area contributed by atoms with E-state index in [-0.39, 0.29) is 77.6 Å². The Labute approximate surface area is 814 Å². The molecule has 0 aliphatic heterocycles. The van der Waals surface area contributed by atoms with Gasteiger partial charge in [0.15, 0.2) is 11.8 Å². The first-order valence-corrected chi connectivity index (χ1v) is 45.6. The minimum Gasteiger partial charge on any atom is -0.408 e. The number of aryl methyl sites for hydroxylation is 2. The highest BCUT2D eigenvalue weighted by atomic mass is 16.4. The van der Waals surface area contributed by atoms with Crippen molar-refractivity contribution in [3.63, 3.8) is 0 Å². The molecule has 1 N–H and O–H groups in total. The second-order valence-electron chi connectivity index (χ2n) is 33.5. The molecule has 0 aliphatic rings. The quantitative estimate of drug-likeness (QED) is 0.0833. The summed E-state index contributed by atoms with van der Waals surface area (Å²) in [5.41, 5.74) is 3.19. The van der Waals surface area contributed by atoms with E-state index in [1.807, 2.05) is 12.1 Å². The average molecular weight is 1930 g/mol. The van der Waals surface area contributed by atoms with E-state index in [1.54, 1.807) is 309 Å². The molecule has 0 aliphatic carbocycles.